The number of carbonyl (C=O) groups excluding carboxylic acids is 1. The number of aliphatic imine (C=N–C) groups is 1. The first kappa shape index (κ1) is 24.6. The number of hydrogen-bond acceptors (Lipinski definition) is 5. The summed E-state index contributed by atoms with van der Waals surface area (Å²) in [5, 5.41) is 4.38. The van der Waals surface area contributed by atoms with E-state index in [1.165, 1.54) is 4.88 Å². The monoisotopic (exact) mass is 520 g/mol. The molecule has 0 fully saturated rings. The van der Waals surface area contributed by atoms with Gasteiger partial charge in [0, 0.05) is 15.5 Å². The van der Waals surface area contributed by atoms with Crippen LogP contribution in [0.1, 0.15) is 59.5 Å². The van der Waals surface area contributed by atoms with Crippen molar-refractivity contribution >= 4 is 40.1 Å². The molecule has 36 heavy (non-hydrogen) atoms. The number of fused-ring (bicyclic) bond motifs is 1. The van der Waals surface area contributed by atoms with Gasteiger partial charge in [-0.2, -0.15) is 0 Å². The van der Waals surface area contributed by atoms with Crippen LogP contribution in [0.2, 0.25) is 5.02 Å². The number of amides is 1. The maximum atomic E-state index is 13.3. The molecular formula is C29H29ClN2O3S. The summed E-state index contributed by atoms with van der Waals surface area (Å²) in [7, 11) is 0. The van der Waals surface area contributed by atoms with Crippen LogP contribution >= 0.6 is 22.9 Å². The molecule has 1 aliphatic carbocycles. The predicted octanol–water partition coefficient (Wildman–Crippen LogP) is 8.09. The molecule has 5 rings (SSSR count). The molecule has 0 saturated heterocycles. The molecular weight excluding hydrogens is 492 g/mol. The minimum Gasteiger partial charge on any atom is -0.467 e. The van der Waals surface area contributed by atoms with Gasteiger partial charge in [-0.15, -0.1) is 11.3 Å². The zero-order chi connectivity index (χ0) is 25.3. The number of thiophene rings is 1. The molecule has 3 aromatic heterocycles. The van der Waals surface area contributed by atoms with Crippen LogP contribution in [0.25, 0.3) is 11.3 Å². The minimum atomic E-state index is -0.121. The lowest BCUT2D eigenvalue weighted by Crippen LogP contribution is -2.28. The fourth-order valence-electron chi connectivity index (χ4n) is 4.65. The van der Waals surface area contributed by atoms with Gasteiger partial charge >= 0.3 is 0 Å². The van der Waals surface area contributed by atoms with Gasteiger partial charge in [0.1, 0.15) is 22.3 Å². The van der Waals surface area contributed by atoms with E-state index in [9.17, 15) is 4.79 Å². The summed E-state index contributed by atoms with van der Waals surface area (Å²) in [5.41, 5.74) is 2.92. The van der Waals surface area contributed by atoms with Crippen LogP contribution in [0.3, 0.4) is 0 Å². The first-order valence-corrected chi connectivity index (χ1v) is 13.3. The fourth-order valence-corrected chi connectivity index (χ4v) is 6.10. The Hall–Kier alpha value is -3.09. The van der Waals surface area contributed by atoms with Gasteiger partial charge in [-0.25, -0.2) is 4.99 Å². The molecule has 1 atom stereocenters. The Bertz CT molecular complexity index is 1390. The highest BCUT2D eigenvalue weighted by molar-refractivity contribution is 7.16. The third-order valence-corrected chi connectivity index (χ3v) is 8.14. The van der Waals surface area contributed by atoms with E-state index < -0.39 is 0 Å². The van der Waals surface area contributed by atoms with Gasteiger partial charge in [-0.1, -0.05) is 44.5 Å². The lowest BCUT2D eigenvalue weighted by molar-refractivity contribution is 0.0947. The number of carbonyl (C=O) groups is 1. The second kappa shape index (κ2) is 10.1. The second-order valence-electron chi connectivity index (χ2n) is 10.2. The van der Waals surface area contributed by atoms with Crippen LogP contribution in [-0.4, -0.2) is 12.1 Å². The standard InChI is InChI=1S/C29H29ClN2O3S/c1-29(2,3)19-9-11-23-25(15-19)36-28(26(23)27(33)31-16-21-8-5-13-34-21)32-17-22-10-12-24(35-22)18-6-4-7-20(30)14-18/h4-8,10,12-14,17,19H,9,11,15-16H2,1-3H3,(H,31,33)/t19-/m0/s1. The van der Waals surface area contributed by atoms with Crippen molar-refractivity contribution in [2.75, 3.05) is 0 Å². The molecule has 0 spiro atoms. The van der Waals surface area contributed by atoms with Crippen LogP contribution in [0.5, 0.6) is 0 Å². The highest BCUT2D eigenvalue weighted by Crippen LogP contribution is 2.45. The summed E-state index contributed by atoms with van der Waals surface area (Å²) < 4.78 is 11.4. The van der Waals surface area contributed by atoms with Crippen molar-refractivity contribution in [3.63, 3.8) is 0 Å². The highest BCUT2D eigenvalue weighted by Gasteiger charge is 2.33. The van der Waals surface area contributed by atoms with Crippen LogP contribution in [0, 0.1) is 11.3 Å². The van der Waals surface area contributed by atoms with E-state index >= 15 is 0 Å². The molecule has 1 aromatic carbocycles. The summed E-state index contributed by atoms with van der Waals surface area (Å²) in [6.07, 6.45) is 6.22. The summed E-state index contributed by atoms with van der Waals surface area (Å²) in [5.74, 6) is 2.50. The number of furan rings is 2. The molecule has 0 radical (unpaired) electrons. The Kier molecular flexibility index (Phi) is 6.91. The van der Waals surface area contributed by atoms with Gasteiger partial charge in [-0.3, -0.25) is 4.79 Å². The van der Waals surface area contributed by atoms with Crippen molar-refractivity contribution in [3.05, 3.63) is 87.3 Å². The quantitative estimate of drug-likeness (QED) is 0.261. The molecule has 7 heteroatoms. The molecule has 0 aliphatic heterocycles. The molecule has 1 amide bonds. The first-order valence-electron chi connectivity index (χ1n) is 12.1. The zero-order valence-corrected chi connectivity index (χ0v) is 22.2. The van der Waals surface area contributed by atoms with Gasteiger partial charge in [0.05, 0.1) is 24.6 Å². The zero-order valence-electron chi connectivity index (χ0n) is 20.6. The Morgan fingerprint density at radius 1 is 1.22 bits per heavy atom. The number of halogens is 1. The number of rotatable bonds is 6. The van der Waals surface area contributed by atoms with Crippen molar-refractivity contribution < 1.29 is 13.6 Å². The van der Waals surface area contributed by atoms with Crippen molar-refractivity contribution in [1.82, 2.24) is 5.32 Å². The first-order chi connectivity index (χ1) is 17.3. The molecule has 3 heterocycles. The minimum absolute atomic E-state index is 0.121. The van der Waals surface area contributed by atoms with E-state index in [1.54, 1.807) is 23.8 Å². The van der Waals surface area contributed by atoms with E-state index in [-0.39, 0.29) is 11.3 Å². The lowest BCUT2D eigenvalue weighted by atomic mass is 9.72. The second-order valence-corrected chi connectivity index (χ2v) is 11.7. The summed E-state index contributed by atoms with van der Waals surface area (Å²) in [6.45, 7) is 7.22. The Morgan fingerprint density at radius 2 is 2.08 bits per heavy atom. The van der Waals surface area contributed by atoms with Crippen LogP contribution < -0.4 is 5.32 Å². The van der Waals surface area contributed by atoms with E-state index in [0.717, 1.165) is 36.1 Å². The Morgan fingerprint density at radius 3 is 2.83 bits per heavy atom. The van der Waals surface area contributed by atoms with E-state index in [4.69, 9.17) is 25.4 Å². The smallest absolute Gasteiger partial charge is 0.255 e. The normalized spacial score (nSPS) is 15.8. The number of nitrogens with one attached hydrogen (secondary N) is 1. The summed E-state index contributed by atoms with van der Waals surface area (Å²) >= 11 is 7.74. The maximum Gasteiger partial charge on any atom is 0.255 e. The molecule has 0 unspecified atom stereocenters. The summed E-state index contributed by atoms with van der Waals surface area (Å²) in [6, 6.07) is 15.0. The van der Waals surface area contributed by atoms with Gasteiger partial charge in [0.2, 0.25) is 0 Å². The molecule has 4 aromatic rings. The van der Waals surface area contributed by atoms with Crippen LogP contribution in [0.15, 0.2) is 68.6 Å². The average molecular weight is 521 g/mol. The molecule has 5 nitrogen and oxygen atoms in total. The van der Waals surface area contributed by atoms with Crippen LogP contribution in [-0.2, 0) is 19.4 Å². The van der Waals surface area contributed by atoms with E-state index in [2.05, 4.69) is 26.1 Å². The molecule has 1 N–H and O–H groups in total. The van der Waals surface area contributed by atoms with Gasteiger partial charge in [0.25, 0.3) is 5.91 Å². The number of hydrogen-bond donors (Lipinski definition) is 1. The fraction of sp³-hybridized carbons (Fsp3) is 0.310. The van der Waals surface area contributed by atoms with Crippen molar-refractivity contribution in [3.8, 4) is 11.3 Å². The Balaban J connectivity index is 1.43. The van der Waals surface area contributed by atoms with Crippen molar-refractivity contribution in [1.29, 1.82) is 0 Å². The van der Waals surface area contributed by atoms with Gasteiger partial charge < -0.3 is 14.2 Å². The highest BCUT2D eigenvalue weighted by atomic mass is 35.5. The van der Waals surface area contributed by atoms with Gasteiger partial charge in [-0.05, 0) is 72.6 Å². The van der Waals surface area contributed by atoms with Gasteiger partial charge in [0.15, 0.2) is 0 Å². The number of nitrogens with zero attached hydrogens (tertiary/aromatic N) is 1. The largest absolute Gasteiger partial charge is 0.467 e. The van der Waals surface area contributed by atoms with Crippen molar-refractivity contribution in [2.24, 2.45) is 16.3 Å². The average Bonchev–Trinajstić information content (AvgIpc) is 3.60. The predicted molar refractivity (Wildman–Crippen MR) is 146 cm³/mol. The molecule has 186 valence electrons. The SMILES string of the molecule is CC(C)(C)[C@H]1CCc2c(sc(N=Cc3ccc(-c4cccc(Cl)c4)o3)c2C(=O)NCc2ccco2)C1. The van der Waals surface area contributed by atoms with E-state index in [0.29, 0.717) is 39.6 Å². The summed E-state index contributed by atoms with van der Waals surface area (Å²) in [4.78, 5) is 19.4. The van der Waals surface area contributed by atoms with E-state index in [1.807, 2.05) is 48.5 Å². The van der Waals surface area contributed by atoms with Crippen LogP contribution in [0.4, 0.5) is 5.00 Å². The number of benzene rings is 1. The third kappa shape index (κ3) is 5.35. The Labute approximate surface area is 220 Å². The molecule has 0 saturated carbocycles. The molecule has 1 aliphatic rings. The topological polar surface area (TPSA) is 67.7 Å². The molecule has 0 bridgehead atoms. The van der Waals surface area contributed by atoms with Crippen molar-refractivity contribution in [2.45, 2.75) is 46.6 Å². The third-order valence-electron chi connectivity index (χ3n) is 6.75. The maximum absolute atomic E-state index is 13.3. The lowest BCUT2D eigenvalue weighted by Gasteiger charge is -2.33.